The van der Waals surface area contributed by atoms with E-state index >= 15 is 0 Å². The van der Waals surface area contributed by atoms with E-state index in [4.69, 9.17) is 4.74 Å². The molecule has 0 spiro atoms. The second kappa shape index (κ2) is 7.35. The van der Waals surface area contributed by atoms with E-state index in [1.807, 2.05) is 6.92 Å². The van der Waals surface area contributed by atoms with Crippen LogP contribution in [0.2, 0.25) is 0 Å². The Balaban J connectivity index is 1.90. The van der Waals surface area contributed by atoms with Crippen molar-refractivity contribution < 1.29 is 13.2 Å². The van der Waals surface area contributed by atoms with E-state index in [0.717, 1.165) is 18.7 Å². The normalized spacial score (nSPS) is 20.0. The highest BCUT2D eigenvalue weighted by molar-refractivity contribution is 7.90. The third-order valence-corrected chi connectivity index (χ3v) is 5.71. The van der Waals surface area contributed by atoms with E-state index in [0.29, 0.717) is 26.1 Å². The molecule has 1 fully saturated rings. The first-order valence-corrected chi connectivity index (χ1v) is 8.87. The first-order valence-electron chi connectivity index (χ1n) is 7.32. The summed E-state index contributed by atoms with van der Waals surface area (Å²) in [7, 11) is -1.47. The highest BCUT2D eigenvalue weighted by Gasteiger charge is 2.32. The fourth-order valence-electron chi connectivity index (χ4n) is 2.68. The highest BCUT2D eigenvalue weighted by Crippen LogP contribution is 2.19. The van der Waals surface area contributed by atoms with Gasteiger partial charge in [-0.2, -0.15) is 0 Å². The number of sulfonamides is 1. The van der Waals surface area contributed by atoms with Crippen LogP contribution in [0.4, 0.5) is 0 Å². The van der Waals surface area contributed by atoms with Crippen molar-refractivity contribution in [2.45, 2.75) is 31.7 Å². The summed E-state index contributed by atoms with van der Waals surface area (Å²) in [5.41, 5.74) is 2.35. The summed E-state index contributed by atoms with van der Waals surface area (Å²) in [5, 5.41) is -0.287. The molecule has 1 aliphatic rings. The number of benzene rings is 1. The van der Waals surface area contributed by atoms with Gasteiger partial charge in [-0.1, -0.05) is 31.2 Å². The van der Waals surface area contributed by atoms with Gasteiger partial charge < -0.3 is 4.74 Å². The molecule has 0 bridgehead atoms. The van der Waals surface area contributed by atoms with E-state index in [2.05, 4.69) is 33.9 Å². The SMILES string of the molecule is CCNS(=O)(=O)[C@@H]1CCN(Cc2ccc(COC)cc2)C1. The first kappa shape index (κ1) is 16.4. The zero-order chi connectivity index (χ0) is 15.3. The predicted octanol–water partition coefficient (Wildman–Crippen LogP) is 1.35. The van der Waals surface area contributed by atoms with Crippen molar-refractivity contribution in [2.75, 3.05) is 26.7 Å². The lowest BCUT2D eigenvalue weighted by Gasteiger charge is -2.16. The molecule has 0 aliphatic carbocycles. The van der Waals surface area contributed by atoms with Crippen LogP contribution in [0, 0.1) is 0 Å². The Morgan fingerprint density at radius 3 is 2.57 bits per heavy atom. The number of likely N-dealkylation sites (tertiary alicyclic amines) is 1. The van der Waals surface area contributed by atoms with Crippen molar-refractivity contribution in [1.82, 2.24) is 9.62 Å². The number of nitrogens with one attached hydrogen (secondary N) is 1. The summed E-state index contributed by atoms with van der Waals surface area (Å²) in [4.78, 5) is 2.20. The lowest BCUT2D eigenvalue weighted by atomic mass is 10.1. The van der Waals surface area contributed by atoms with Crippen LogP contribution >= 0.6 is 0 Å². The second-order valence-corrected chi connectivity index (χ2v) is 7.48. The molecule has 1 atom stereocenters. The summed E-state index contributed by atoms with van der Waals surface area (Å²) in [5.74, 6) is 0. The molecular weight excluding hydrogens is 288 g/mol. The molecule has 118 valence electrons. The highest BCUT2D eigenvalue weighted by atomic mass is 32.2. The first-order chi connectivity index (χ1) is 10.0. The standard InChI is InChI=1S/C15H24N2O3S/c1-3-16-21(18,19)15-8-9-17(11-15)10-13-4-6-14(7-5-13)12-20-2/h4-7,15-16H,3,8-12H2,1-2H3/t15-/m1/s1. The molecule has 6 heteroatoms. The minimum absolute atomic E-state index is 0.287. The monoisotopic (exact) mass is 312 g/mol. The maximum atomic E-state index is 12.0. The van der Waals surface area contributed by atoms with Crippen LogP contribution in [0.25, 0.3) is 0 Å². The van der Waals surface area contributed by atoms with Crippen molar-refractivity contribution in [3.63, 3.8) is 0 Å². The number of hydrogen-bond acceptors (Lipinski definition) is 4. The van der Waals surface area contributed by atoms with E-state index in [-0.39, 0.29) is 5.25 Å². The maximum absolute atomic E-state index is 12.0. The molecule has 0 aromatic heterocycles. The topological polar surface area (TPSA) is 58.6 Å². The number of ether oxygens (including phenoxy) is 1. The van der Waals surface area contributed by atoms with Crippen LogP contribution in [0.5, 0.6) is 0 Å². The summed E-state index contributed by atoms with van der Waals surface area (Å²) in [6.07, 6.45) is 0.705. The van der Waals surface area contributed by atoms with Crippen LogP contribution in [0.15, 0.2) is 24.3 Å². The molecule has 0 saturated carbocycles. The Bertz CT molecular complexity index is 543. The zero-order valence-electron chi connectivity index (χ0n) is 12.7. The van der Waals surface area contributed by atoms with Crippen molar-refractivity contribution >= 4 is 10.0 Å². The van der Waals surface area contributed by atoms with Gasteiger partial charge in [-0.3, -0.25) is 4.90 Å². The Morgan fingerprint density at radius 1 is 1.29 bits per heavy atom. The molecule has 0 unspecified atom stereocenters. The van der Waals surface area contributed by atoms with Crippen LogP contribution in [-0.4, -0.2) is 45.3 Å². The molecule has 1 aromatic carbocycles. The molecule has 0 radical (unpaired) electrons. The van der Waals surface area contributed by atoms with Gasteiger partial charge >= 0.3 is 0 Å². The van der Waals surface area contributed by atoms with E-state index in [1.165, 1.54) is 5.56 Å². The van der Waals surface area contributed by atoms with Gasteiger partial charge in [0.1, 0.15) is 0 Å². The molecule has 1 saturated heterocycles. The van der Waals surface area contributed by atoms with Crippen molar-refractivity contribution in [2.24, 2.45) is 0 Å². The molecule has 1 heterocycles. The fourth-order valence-corrected chi connectivity index (χ4v) is 4.14. The van der Waals surface area contributed by atoms with Crippen LogP contribution in [0.3, 0.4) is 0 Å². The van der Waals surface area contributed by atoms with E-state index < -0.39 is 10.0 Å². The Morgan fingerprint density at radius 2 is 1.95 bits per heavy atom. The number of nitrogens with zero attached hydrogens (tertiary/aromatic N) is 1. The largest absolute Gasteiger partial charge is 0.380 e. The Kier molecular flexibility index (Phi) is 5.75. The smallest absolute Gasteiger partial charge is 0.215 e. The average Bonchev–Trinajstić information content (AvgIpc) is 2.91. The molecule has 1 aliphatic heterocycles. The van der Waals surface area contributed by atoms with Crippen molar-refractivity contribution in [3.05, 3.63) is 35.4 Å². The molecule has 1 aromatic rings. The van der Waals surface area contributed by atoms with Gasteiger partial charge in [0.25, 0.3) is 0 Å². The molecule has 5 nitrogen and oxygen atoms in total. The maximum Gasteiger partial charge on any atom is 0.215 e. The lowest BCUT2D eigenvalue weighted by molar-refractivity contribution is 0.185. The minimum Gasteiger partial charge on any atom is -0.380 e. The van der Waals surface area contributed by atoms with Gasteiger partial charge in [0.05, 0.1) is 11.9 Å². The third-order valence-electron chi connectivity index (χ3n) is 3.75. The van der Waals surface area contributed by atoms with E-state index in [1.54, 1.807) is 7.11 Å². The van der Waals surface area contributed by atoms with Crippen LogP contribution in [-0.2, 0) is 27.9 Å². The predicted molar refractivity (Wildman–Crippen MR) is 83.4 cm³/mol. The summed E-state index contributed by atoms with van der Waals surface area (Å²) < 4.78 is 31.7. The van der Waals surface area contributed by atoms with Crippen molar-refractivity contribution in [3.8, 4) is 0 Å². The summed E-state index contributed by atoms with van der Waals surface area (Å²) in [6, 6.07) is 8.28. The Labute approximate surface area is 127 Å². The Hall–Kier alpha value is -0.950. The number of methoxy groups -OCH3 is 1. The van der Waals surface area contributed by atoms with Gasteiger partial charge in [-0.05, 0) is 24.1 Å². The quantitative estimate of drug-likeness (QED) is 0.825. The number of hydrogen-bond donors (Lipinski definition) is 1. The van der Waals surface area contributed by atoms with Crippen molar-refractivity contribution in [1.29, 1.82) is 0 Å². The van der Waals surface area contributed by atoms with Gasteiger partial charge in [0.15, 0.2) is 0 Å². The average molecular weight is 312 g/mol. The van der Waals surface area contributed by atoms with Gasteiger partial charge in [-0.15, -0.1) is 0 Å². The number of rotatable bonds is 7. The lowest BCUT2D eigenvalue weighted by Crippen LogP contribution is -2.36. The van der Waals surface area contributed by atoms with Gasteiger partial charge in [0.2, 0.25) is 10.0 Å². The van der Waals surface area contributed by atoms with Gasteiger partial charge in [0, 0.05) is 26.7 Å². The minimum atomic E-state index is -3.16. The molecular formula is C15H24N2O3S. The zero-order valence-corrected chi connectivity index (χ0v) is 13.5. The summed E-state index contributed by atoms with van der Waals surface area (Å²) in [6.45, 7) is 5.12. The molecule has 1 N–H and O–H groups in total. The van der Waals surface area contributed by atoms with Crippen LogP contribution in [0.1, 0.15) is 24.5 Å². The molecule has 0 amide bonds. The molecule has 21 heavy (non-hydrogen) atoms. The van der Waals surface area contributed by atoms with E-state index in [9.17, 15) is 8.42 Å². The fraction of sp³-hybridized carbons (Fsp3) is 0.600. The van der Waals surface area contributed by atoms with Gasteiger partial charge in [-0.25, -0.2) is 13.1 Å². The molecule has 2 rings (SSSR count). The summed E-state index contributed by atoms with van der Waals surface area (Å²) >= 11 is 0. The van der Waals surface area contributed by atoms with Crippen LogP contribution < -0.4 is 4.72 Å². The third kappa shape index (κ3) is 4.51. The second-order valence-electron chi connectivity index (χ2n) is 5.44.